The summed E-state index contributed by atoms with van der Waals surface area (Å²) in [7, 11) is 3.39. The van der Waals surface area contributed by atoms with Crippen LogP contribution in [0.15, 0.2) is 30.3 Å². The van der Waals surface area contributed by atoms with Crippen LogP contribution in [0.5, 0.6) is 0 Å². The average molecular weight is 444 g/mol. The zero-order chi connectivity index (χ0) is 21.5. The second-order valence-electron chi connectivity index (χ2n) is 6.07. The molecule has 0 radical (unpaired) electrons. The van der Waals surface area contributed by atoms with Gasteiger partial charge in [0.2, 0.25) is 12.2 Å². The Labute approximate surface area is 180 Å². The molecule has 7 nitrogen and oxygen atoms in total. The summed E-state index contributed by atoms with van der Waals surface area (Å²) in [6, 6.07) is 9.76. The van der Waals surface area contributed by atoms with E-state index < -0.39 is 18.4 Å². The number of ether oxygens (including phenoxy) is 3. The highest BCUT2D eigenvalue weighted by Gasteiger charge is 2.21. The molecule has 1 aromatic rings. The van der Waals surface area contributed by atoms with Crippen LogP contribution in [0, 0.1) is 5.92 Å². The normalized spacial score (nSPS) is 12.5. The van der Waals surface area contributed by atoms with E-state index in [2.05, 4.69) is 17.0 Å². The van der Waals surface area contributed by atoms with Gasteiger partial charge in [-0.05, 0) is 25.3 Å². The van der Waals surface area contributed by atoms with E-state index in [-0.39, 0.29) is 25.0 Å². The average Bonchev–Trinajstić information content (AvgIpc) is 2.69. The molecule has 1 amide bonds. The van der Waals surface area contributed by atoms with Crippen molar-refractivity contribution >= 4 is 39.6 Å². The standard InChI is InChI=1S/C20H29NO6S2/c1-4-11-28-29-14-17(12-16-9-7-6-8-10-16)19(23)21-13-18(22)26-15(3)27-20(24)25-5-2/h6-10,15,17H,4-5,11-14H2,1-3H3,(H,21,23)/t15?,17-/m1/s1. The van der Waals surface area contributed by atoms with E-state index in [4.69, 9.17) is 9.47 Å². The number of hydrogen-bond donors (Lipinski definition) is 1. The lowest BCUT2D eigenvalue weighted by Gasteiger charge is -2.17. The van der Waals surface area contributed by atoms with Crippen LogP contribution in [-0.4, -0.2) is 49.0 Å². The molecular weight excluding hydrogens is 414 g/mol. The summed E-state index contributed by atoms with van der Waals surface area (Å²) >= 11 is 0. The Kier molecular flexibility index (Phi) is 13.0. The molecule has 1 aromatic carbocycles. The maximum atomic E-state index is 12.6. The molecule has 1 unspecified atom stereocenters. The lowest BCUT2D eigenvalue weighted by atomic mass is 10.0. The van der Waals surface area contributed by atoms with Crippen molar-refractivity contribution in [3.63, 3.8) is 0 Å². The Hall–Kier alpha value is -1.87. The Morgan fingerprint density at radius 1 is 1.07 bits per heavy atom. The number of hydrogen-bond acceptors (Lipinski definition) is 8. The number of carbonyl (C=O) groups excluding carboxylic acids is 3. The molecule has 1 N–H and O–H groups in total. The topological polar surface area (TPSA) is 90.9 Å². The van der Waals surface area contributed by atoms with Crippen LogP contribution >= 0.6 is 21.6 Å². The second kappa shape index (κ2) is 15.0. The molecular formula is C20H29NO6S2. The van der Waals surface area contributed by atoms with Crippen LogP contribution in [0.25, 0.3) is 0 Å². The third-order valence-corrected chi connectivity index (χ3v) is 6.25. The second-order valence-corrected chi connectivity index (χ2v) is 8.70. The van der Waals surface area contributed by atoms with Gasteiger partial charge in [0, 0.05) is 18.4 Å². The first-order valence-electron chi connectivity index (χ1n) is 9.55. The van der Waals surface area contributed by atoms with Crippen molar-refractivity contribution in [1.82, 2.24) is 5.32 Å². The van der Waals surface area contributed by atoms with Crippen molar-refractivity contribution < 1.29 is 28.6 Å². The number of benzene rings is 1. The number of nitrogens with one attached hydrogen (secondary N) is 1. The molecule has 0 bridgehead atoms. The van der Waals surface area contributed by atoms with Crippen molar-refractivity contribution in [3.05, 3.63) is 35.9 Å². The van der Waals surface area contributed by atoms with Crippen LogP contribution in [-0.2, 0) is 30.2 Å². The van der Waals surface area contributed by atoms with Gasteiger partial charge < -0.3 is 19.5 Å². The Balaban J connectivity index is 2.50. The molecule has 2 atom stereocenters. The first kappa shape index (κ1) is 25.2. The zero-order valence-corrected chi connectivity index (χ0v) is 18.7. The lowest BCUT2D eigenvalue weighted by molar-refractivity contribution is -0.167. The summed E-state index contributed by atoms with van der Waals surface area (Å²) in [4.78, 5) is 35.7. The number of amides is 1. The van der Waals surface area contributed by atoms with Gasteiger partial charge in [0.1, 0.15) is 6.54 Å². The Morgan fingerprint density at radius 2 is 1.79 bits per heavy atom. The van der Waals surface area contributed by atoms with Crippen molar-refractivity contribution in [2.75, 3.05) is 24.7 Å². The van der Waals surface area contributed by atoms with Crippen molar-refractivity contribution in [1.29, 1.82) is 0 Å². The van der Waals surface area contributed by atoms with Gasteiger partial charge in [-0.25, -0.2) is 4.79 Å². The molecule has 0 saturated carbocycles. The van der Waals surface area contributed by atoms with Crippen molar-refractivity contribution in [2.24, 2.45) is 5.92 Å². The molecule has 0 fully saturated rings. The highest BCUT2D eigenvalue weighted by atomic mass is 33.1. The van der Waals surface area contributed by atoms with Gasteiger partial charge in [0.15, 0.2) is 0 Å². The highest BCUT2D eigenvalue weighted by molar-refractivity contribution is 8.76. The van der Waals surface area contributed by atoms with Gasteiger partial charge in [-0.1, -0.05) is 58.8 Å². The van der Waals surface area contributed by atoms with Gasteiger partial charge in [-0.15, -0.1) is 0 Å². The SMILES string of the molecule is CCCSSC[C@@H](Cc1ccccc1)C(=O)NCC(=O)OC(C)OC(=O)OCC. The summed E-state index contributed by atoms with van der Waals surface area (Å²) in [5.41, 5.74) is 1.06. The molecule has 9 heteroatoms. The van der Waals surface area contributed by atoms with E-state index in [0.29, 0.717) is 12.2 Å². The molecule has 0 aliphatic rings. The predicted molar refractivity (Wildman–Crippen MR) is 116 cm³/mol. The lowest BCUT2D eigenvalue weighted by Crippen LogP contribution is -2.38. The van der Waals surface area contributed by atoms with Gasteiger partial charge in [-0.2, -0.15) is 0 Å². The zero-order valence-electron chi connectivity index (χ0n) is 17.1. The fourth-order valence-electron chi connectivity index (χ4n) is 2.24. The van der Waals surface area contributed by atoms with Crippen molar-refractivity contribution in [2.45, 2.75) is 39.9 Å². The quantitative estimate of drug-likeness (QED) is 0.213. The summed E-state index contributed by atoms with van der Waals surface area (Å²) in [5, 5.41) is 2.62. The summed E-state index contributed by atoms with van der Waals surface area (Å²) in [5.74, 6) is 0.487. The first-order chi connectivity index (χ1) is 14.0. The minimum atomic E-state index is -1.10. The minimum Gasteiger partial charge on any atom is -0.435 e. The summed E-state index contributed by atoms with van der Waals surface area (Å²) < 4.78 is 14.3. The molecule has 0 heterocycles. The fourth-order valence-corrected chi connectivity index (χ4v) is 4.69. The van der Waals surface area contributed by atoms with E-state index in [1.54, 1.807) is 28.5 Å². The van der Waals surface area contributed by atoms with Crippen LogP contribution in [0.3, 0.4) is 0 Å². The van der Waals surface area contributed by atoms with E-state index in [0.717, 1.165) is 17.7 Å². The van der Waals surface area contributed by atoms with Gasteiger partial charge in [-0.3, -0.25) is 9.59 Å². The highest BCUT2D eigenvalue weighted by Crippen LogP contribution is 2.26. The van der Waals surface area contributed by atoms with Gasteiger partial charge >= 0.3 is 12.1 Å². The minimum absolute atomic E-state index is 0.160. The summed E-state index contributed by atoms with van der Waals surface area (Å²) in [6.07, 6.45) is -0.351. The molecule has 1 rings (SSSR count). The number of rotatable bonds is 13. The predicted octanol–water partition coefficient (Wildman–Crippen LogP) is 3.82. The monoisotopic (exact) mass is 443 g/mol. The summed E-state index contributed by atoms with van der Waals surface area (Å²) in [6.45, 7) is 5.01. The van der Waals surface area contributed by atoms with Crippen LogP contribution in [0.2, 0.25) is 0 Å². The molecule has 0 aliphatic carbocycles. The third kappa shape index (κ3) is 11.7. The molecule has 0 aliphatic heterocycles. The molecule has 0 saturated heterocycles. The Bertz CT molecular complexity index is 629. The van der Waals surface area contributed by atoms with Gasteiger partial charge in [0.05, 0.1) is 12.5 Å². The fraction of sp³-hybridized carbons (Fsp3) is 0.550. The molecule has 0 aromatic heterocycles. The maximum absolute atomic E-state index is 12.6. The smallest absolute Gasteiger partial charge is 0.435 e. The van der Waals surface area contributed by atoms with Crippen LogP contribution in [0.4, 0.5) is 4.79 Å². The number of carbonyl (C=O) groups is 3. The van der Waals surface area contributed by atoms with Gasteiger partial charge in [0.25, 0.3) is 0 Å². The largest absolute Gasteiger partial charge is 0.511 e. The maximum Gasteiger partial charge on any atom is 0.511 e. The molecule has 29 heavy (non-hydrogen) atoms. The van der Waals surface area contributed by atoms with Crippen LogP contribution < -0.4 is 5.32 Å². The Morgan fingerprint density at radius 3 is 2.45 bits per heavy atom. The van der Waals surface area contributed by atoms with E-state index in [1.165, 1.54) is 6.92 Å². The van der Waals surface area contributed by atoms with E-state index >= 15 is 0 Å². The third-order valence-electron chi connectivity index (χ3n) is 3.56. The van der Waals surface area contributed by atoms with Crippen LogP contribution in [0.1, 0.15) is 32.8 Å². The molecule has 162 valence electrons. The number of esters is 1. The van der Waals surface area contributed by atoms with Crippen molar-refractivity contribution in [3.8, 4) is 0 Å². The van der Waals surface area contributed by atoms with E-state index in [9.17, 15) is 14.4 Å². The first-order valence-corrected chi connectivity index (χ1v) is 12.0. The van der Waals surface area contributed by atoms with E-state index in [1.807, 2.05) is 30.3 Å². The molecule has 0 spiro atoms.